The number of hydrogen-bond donors (Lipinski definition) is 1. The number of amides is 1. The molecule has 0 aliphatic carbocycles. The van der Waals surface area contributed by atoms with Gasteiger partial charge in [-0.05, 0) is 67.4 Å². The molecule has 36 heavy (non-hydrogen) atoms. The lowest BCUT2D eigenvalue weighted by Gasteiger charge is -2.27. The second-order valence-corrected chi connectivity index (χ2v) is 10.2. The van der Waals surface area contributed by atoms with Gasteiger partial charge in [0.25, 0.3) is 5.91 Å². The van der Waals surface area contributed by atoms with Crippen LogP contribution >= 0.6 is 11.6 Å². The van der Waals surface area contributed by atoms with Crippen LogP contribution in [0.1, 0.15) is 25.0 Å². The first kappa shape index (κ1) is 27.0. The zero-order valence-electron chi connectivity index (χ0n) is 20.2. The van der Waals surface area contributed by atoms with Gasteiger partial charge in [-0.3, -0.25) is 9.10 Å². The molecule has 1 atom stereocenters. The fourth-order valence-electron chi connectivity index (χ4n) is 3.43. The quantitative estimate of drug-likeness (QED) is 0.289. The third kappa shape index (κ3) is 7.47. The zero-order valence-corrected chi connectivity index (χ0v) is 21.8. The number of hydrazone groups is 1. The highest BCUT2D eigenvalue weighted by atomic mass is 35.5. The van der Waals surface area contributed by atoms with Crippen LogP contribution in [0.2, 0.25) is 5.02 Å². The van der Waals surface area contributed by atoms with E-state index in [1.807, 2.05) is 25.1 Å². The summed E-state index contributed by atoms with van der Waals surface area (Å²) in [6.07, 6.45) is 2.50. The summed E-state index contributed by atoms with van der Waals surface area (Å²) in [6, 6.07) is 20.1. The van der Waals surface area contributed by atoms with Gasteiger partial charge in [0, 0.05) is 5.02 Å². The number of anilines is 1. The summed E-state index contributed by atoms with van der Waals surface area (Å²) < 4.78 is 37.3. The third-order valence-corrected chi connectivity index (χ3v) is 6.52. The van der Waals surface area contributed by atoms with Crippen molar-refractivity contribution in [1.82, 2.24) is 5.43 Å². The van der Waals surface area contributed by atoms with E-state index in [1.54, 1.807) is 54.6 Å². The van der Waals surface area contributed by atoms with Gasteiger partial charge in [0.05, 0.1) is 24.8 Å². The minimum Gasteiger partial charge on any atom is -0.490 e. The predicted molar refractivity (Wildman–Crippen MR) is 142 cm³/mol. The number of rotatable bonds is 11. The molecule has 1 N–H and O–H groups in total. The van der Waals surface area contributed by atoms with Gasteiger partial charge in [0.1, 0.15) is 12.6 Å². The lowest BCUT2D eigenvalue weighted by Crippen LogP contribution is -2.46. The van der Waals surface area contributed by atoms with Crippen LogP contribution in [0.25, 0.3) is 0 Å². The lowest BCUT2D eigenvalue weighted by molar-refractivity contribution is -0.121. The Bertz CT molecular complexity index is 1320. The van der Waals surface area contributed by atoms with Crippen molar-refractivity contribution in [3.05, 3.63) is 88.9 Å². The molecule has 0 bridgehead atoms. The molecule has 0 aliphatic heterocycles. The Balaban J connectivity index is 1.68. The fourth-order valence-corrected chi connectivity index (χ4v) is 4.82. The average molecular weight is 530 g/mol. The highest BCUT2D eigenvalue weighted by Gasteiger charge is 2.28. The normalized spacial score (nSPS) is 12.2. The predicted octanol–water partition coefficient (Wildman–Crippen LogP) is 4.62. The molecule has 0 radical (unpaired) electrons. The van der Waals surface area contributed by atoms with Crippen molar-refractivity contribution in [1.29, 1.82) is 0 Å². The highest BCUT2D eigenvalue weighted by molar-refractivity contribution is 7.92. The lowest BCUT2D eigenvalue weighted by atomic mass is 10.2. The second-order valence-electron chi connectivity index (χ2n) is 7.86. The Labute approximate surface area is 216 Å². The monoisotopic (exact) mass is 529 g/mol. The number of nitrogens with zero attached hydrogens (tertiary/aromatic N) is 2. The van der Waals surface area contributed by atoms with E-state index >= 15 is 0 Å². The van der Waals surface area contributed by atoms with Crippen LogP contribution in [-0.2, 0) is 21.4 Å². The molecule has 8 nitrogen and oxygen atoms in total. The summed E-state index contributed by atoms with van der Waals surface area (Å²) in [5, 5.41) is 4.63. The number of sulfonamides is 1. The second kappa shape index (κ2) is 12.4. The van der Waals surface area contributed by atoms with Gasteiger partial charge in [-0.25, -0.2) is 13.8 Å². The van der Waals surface area contributed by atoms with Crippen molar-refractivity contribution in [2.24, 2.45) is 5.10 Å². The maximum absolute atomic E-state index is 12.7. The van der Waals surface area contributed by atoms with Crippen molar-refractivity contribution in [3.63, 3.8) is 0 Å². The number of nitrogens with one attached hydrogen (secondary N) is 1. The van der Waals surface area contributed by atoms with Crippen LogP contribution in [0.4, 0.5) is 5.69 Å². The van der Waals surface area contributed by atoms with Crippen molar-refractivity contribution >= 4 is 39.4 Å². The molecule has 190 valence electrons. The number of ether oxygens (including phenoxy) is 2. The van der Waals surface area contributed by atoms with Crippen molar-refractivity contribution < 1.29 is 22.7 Å². The first-order valence-corrected chi connectivity index (χ1v) is 13.4. The van der Waals surface area contributed by atoms with Crippen LogP contribution in [0.15, 0.2) is 77.9 Å². The average Bonchev–Trinajstić information content (AvgIpc) is 2.83. The largest absolute Gasteiger partial charge is 0.490 e. The van der Waals surface area contributed by atoms with Crippen LogP contribution in [-0.4, -0.2) is 39.4 Å². The molecule has 0 saturated carbocycles. The van der Waals surface area contributed by atoms with Crippen LogP contribution in [0.5, 0.6) is 11.5 Å². The maximum atomic E-state index is 12.7. The molecule has 0 fully saturated rings. The summed E-state index contributed by atoms with van der Waals surface area (Å²) in [5.74, 6) is 0.501. The maximum Gasteiger partial charge on any atom is 0.263 e. The van der Waals surface area contributed by atoms with E-state index in [9.17, 15) is 13.2 Å². The van der Waals surface area contributed by atoms with Gasteiger partial charge in [-0.2, -0.15) is 5.10 Å². The van der Waals surface area contributed by atoms with Crippen molar-refractivity contribution in [2.45, 2.75) is 26.5 Å². The first-order valence-electron chi connectivity index (χ1n) is 11.2. The number of halogens is 1. The molecule has 0 aromatic heterocycles. The molecular weight excluding hydrogens is 502 g/mol. The van der Waals surface area contributed by atoms with E-state index in [1.165, 1.54) is 13.1 Å². The molecule has 0 saturated heterocycles. The summed E-state index contributed by atoms with van der Waals surface area (Å²) in [4.78, 5) is 12.7. The van der Waals surface area contributed by atoms with Gasteiger partial charge in [0.15, 0.2) is 11.5 Å². The van der Waals surface area contributed by atoms with Crippen LogP contribution in [0, 0.1) is 0 Å². The van der Waals surface area contributed by atoms with Gasteiger partial charge < -0.3 is 9.47 Å². The Morgan fingerprint density at radius 2 is 1.81 bits per heavy atom. The van der Waals surface area contributed by atoms with E-state index in [4.69, 9.17) is 21.1 Å². The van der Waals surface area contributed by atoms with Gasteiger partial charge in [0.2, 0.25) is 10.0 Å². The number of carbonyl (C=O) groups excluding carboxylic acids is 1. The van der Waals surface area contributed by atoms with E-state index < -0.39 is 22.0 Å². The Morgan fingerprint density at radius 3 is 2.47 bits per heavy atom. The van der Waals surface area contributed by atoms with Crippen LogP contribution in [0.3, 0.4) is 0 Å². The van der Waals surface area contributed by atoms with Crippen LogP contribution < -0.4 is 19.2 Å². The van der Waals surface area contributed by atoms with Gasteiger partial charge in [-0.15, -0.1) is 0 Å². The molecular formula is C26H28ClN3O5S. The number of para-hydroxylation sites is 1. The molecule has 1 amide bonds. The van der Waals surface area contributed by atoms with E-state index in [-0.39, 0.29) is 0 Å². The fraction of sp³-hybridized carbons (Fsp3) is 0.231. The molecule has 0 spiro atoms. The number of hydrogen-bond acceptors (Lipinski definition) is 6. The minimum absolute atomic E-state index is 0.320. The summed E-state index contributed by atoms with van der Waals surface area (Å²) >= 11 is 6.03. The summed E-state index contributed by atoms with van der Waals surface area (Å²) in [7, 11) is -3.70. The third-order valence-electron chi connectivity index (χ3n) is 5.04. The van der Waals surface area contributed by atoms with Crippen molar-refractivity contribution in [2.75, 3.05) is 17.2 Å². The standard InChI is InChI=1S/C26H28ClN3O5S/c1-4-34-25-16-20(13-14-24(25)35-18-21-9-8-10-22(27)15-21)17-28-29-26(31)19(2)30(36(3,32)33)23-11-6-5-7-12-23/h5-17,19H,4,18H2,1-3H3,(H,29,31)/b28-17-/t19-/m0/s1. The zero-order chi connectivity index (χ0) is 26.1. The Hall–Kier alpha value is -3.56. The Kier molecular flexibility index (Phi) is 9.32. The Morgan fingerprint density at radius 1 is 1.06 bits per heavy atom. The highest BCUT2D eigenvalue weighted by Crippen LogP contribution is 2.29. The topological polar surface area (TPSA) is 97.3 Å². The smallest absolute Gasteiger partial charge is 0.263 e. The molecule has 0 aliphatic rings. The molecule has 3 rings (SSSR count). The minimum atomic E-state index is -3.70. The molecule has 10 heteroatoms. The summed E-state index contributed by atoms with van der Waals surface area (Å²) in [6.45, 7) is 4.12. The van der Waals surface area contributed by atoms with E-state index in [0.717, 1.165) is 16.1 Å². The molecule has 0 heterocycles. The van der Waals surface area contributed by atoms with E-state index in [0.29, 0.717) is 41.0 Å². The molecule has 0 unspecified atom stereocenters. The number of benzene rings is 3. The van der Waals surface area contributed by atoms with Gasteiger partial charge >= 0.3 is 0 Å². The molecule has 3 aromatic rings. The van der Waals surface area contributed by atoms with Crippen molar-refractivity contribution in [3.8, 4) is 11.5 Å². The first-order chi connectivity index (χ1) is 17.2. The van der Waals surface area contributed by atoms with E-state index in [2.05, 4.69) is 10.5 Å². The summed E-state index contributed by atoms with van der Waals surface area (Å²) in [5.41, 5.74) is 4.38. The molecule has 3 aromatic carbocycles. The SMILES string of the molecule is CCOc1cc(/C=N\NC(=O)[C@H](C)N(c2ccccc2)S(C)(=O)=O)ccc1OCc1cccc(Cl)c1. The number of carbonyl (C=O) groups is 1. The van der Waals surface area contributed by atoms with Gasteiger partial charge in [-0.1, -0.05) is 41.9 Å².